The summed E-state index contributed by atoms with van der Waals surface area (Å²) in [5.41, 5.74) is 1.23. The molecular weight excluding hydrogens is 278 g/mol. The van der Waals surface area contributed by atoms with E-state index in [9.17, 15) is 4.79 Å². The molecule has 1 heterocycles. The number of benzene rings is 1. The van der Waals surface area contributed by atoms with Gasteiger partial charge in [-0.3, -0.25) is 4.90 Å². The highest BCUT2D eigenvalue weighted by Gasteiger charge is 2.24. The van der Waals surface area contributed by atoms with Gasteiger partial charge >= 0.3 is 6.03 Å². The van der Waals surface area contributed by atoms with Crippen LogP contribution in [0.25, 0.3) is 0 Å². The Hall–Kier alpha value is -2.19. The number of rotatable bonds is 4. The number of hydrogen-bond donors (Lipinski definition) is 1. The zero-order valence-corrected chi connectivity index (χ0v) is 13.2. The molecule has 5 nitrogen and oxygen atoms in total. The van der Waals surface area contributed by atoms with Crippen LogP contribution in [0.2, 0.25) is 0 Å². The minimum absolute atomic E-state index is 0.0772. The second-order valence-electron chi connectivity index (χ2n) is 5.34. The molecule has 0 bridgehead atoms. The van der Waals surface area contributed by atoms with Crippen molar-refractivity contribution in [3.05, 3.63) is 29.8 Å². The number of ether oxygens (including phenoxy) is 1. The van der Waals surface area contributed by atoms with Crippen molar-refractivity contribution in [2.45, 2.75) is 13.0 Å². The molecule has 1 saturated heterocycles. The van der Waals surface area contributed by atoms with Crippen molar-refractivity contribution in [1.82, 2.24) is 15.1 Å². The molecule has 1 aliphatic heterocycles. The predicted octanol–water partition coefficient (Wildman–Crippen LogP) is 1.72. The second kappa shape index (κ2) is 7.71. The fourth-order valence-electron chi connectivity index (χ4n) is 2.66. The van der Waals surface area contributed by atoms with E-state index in [1.807, 2.05) is 17.0 Å². The Balaban J connectivity index is 1.90. The van der Waals surface area contributed by atoms with Gasteiger partial charge in [0.25, 0.3) is 0 Å². The minimum atomic E-state index is -0.0772. The summed E-state index contributed by atoms with van der Waals surface area (Å²) in [6.45, 7) is 5.58. The smallest absolute Gasteiger partial charge is 0.318 e. The third-order valence-corrected chi connectivity index (χ3v) is 4.07. The van der Waals surface area contributed by atoms with E-state index < -0.39 is 0 Å². The van der Waals surface area contributed by atoms with Crippen LogP contribution in [0.1, 0.15) is 18.5 Å². The first-order chi connectivity index (χ1) is 10.7. The van der Waals surface area contributed by atoms with Gasteiger partial charge in [-0.05, 0) is 24.6 Å². The van der Waals surface area contributed by atoms with Crippen molar-refractivity contribution < 1.29 is 9.53 Å². The Bertz CT molecular complexity index is 545. The normalized spacial score (nSPS) is 16.7. The van der Waals surface area contributed by atoms with Crippen molar-refractivity contribution in [2.75, 3.05) is 39.8 Å². The fourth-order valence-corrected chi connectivity index (χ4v) is 2.66. The Morgan fingerprint density at radius 2 is 2.14 bits per heavy atom. The lowest BCUT2D eigenvalue weighted by Gasteiger charge is -2.38. The molecule has 1 aliphatic rings. The minimum Gasteiger partial charge on any atom is -0.497 e. The van der Waals surface area contributed by atoms with Gasteiger partial charge in [0.05, 0.1) is 13.7 Å². The maximum Gasteiger partial charge on any atom is 0.318 e. The summed E-state index contributed by atoms with van der Waals surface area (Å²) in [4.78, 5) is 16.1. The van der Waals surface area contributed by atoms with E-state index in [1.54, 1.807) is 7.11 Å². The highest BCUT2D eigenvalue weighted by atomic mass is 16.5. The molecule has 0 saturated carbocycles. The lowest BCUT2D eigenvalue weighted by molar-refractivity contribution is 0.114. The van der Waals surface area contributed by atoms with Gasteiger partial charge in [-0.1, -0.05) is 18.1 Å². The molecule has 0 radical (unpaired) electrons. The predicted molar refractivity (Wildman–Crippen MR) is 86.8 cm³/mol. The van der Waals surface area contributed by atoms with Gasteiger partial charge in [0.1, 0.15) is 5.75 Å². The van der Waals surface area contributed by atoms with Gasteiger partial charge in [-0.25, -0.2) is 4.79 Å². The number of methoxy groups -OCH3 is 1. The van der Waals surface area contributed by atoms with Crippen LogP contribution in [0, 0.1) is 12.3 Å². The molecule has 1 fully saturated rings. The van der Waals surface area contributed by atoms with E-state index in [4.69, 9.17) is 11.2 Å². The molecule has 0 unspecified atom stereocenters. The number of nitrogens with one attached hydrogen (secondary N) is 1. The van der Waals surface area contributed by atoms with Crippen LogP contribution >= 0.6 is 0 Å². The average molecular weight is 301 g/mol. The number of amides is 2. The molecule has 1 N–H and O–H groups in total. The molecule has 0 spiro atoms. The van der Waals surface area contributed by atoms with Crippen LogP contribution in [-0.2, 0) is 0 Å². The maximum absolute atomic E-state index is 11.9. The van der Waals surface area contributed by atoms with Crippen molar-refractivity contribution in [2.24, 2.45) is 0 Å². The van der Waals surface area contributed by atoms with Crippen LogP contribution in [-0.4, -0.2) is 55.7 Å². The SMILES string of the molecule is C#CCNC(=O)N1CCN([C@@H](C)c2cccc(OC)c2)CC1. The number of nitrogens with zero attached hydrogens (tertiary/aromatic N) is 2. The molecule has 5 heteroatoms. The zero-order valence-electron chi connectivity index (χ0n) is 13.2. The van der Waals surface area contributed by atoms with Gasteiger partial charge in [-0.2, -0.15) is 0 Å². The summed E-state index contributed by atoms with van der Waals surface area (Å²) < 4.78 is 5.28. The standard InChI is InChI=1S/C17H23N3O2/c1-4-8-18-17(21)20-11-9-19(10-12-20)14(2)15-6-5-7-16(13-15)22-3/h1,5-7,13-14H,8-12H2,2-3H3,(H,18,21)/t14-/m0/s1. The topological polar surface area (TPSA) is 44.8 Å². The van der Waals surface area contributed by atoms with Gasteiger partial charge in [0.2, 0.25) is 0 Å². The Morgan fingerprint density at radius 3 is 2.77 bits per heavy atom. The monoisotopic (exact) mass is 301 g/mol. The lowest BCUT2D eigenvalue weighted by Crippen LogP contribution is -2.52. The Labute approximate surface area is 132 Å². The summed E-state index contributed by atoms with van der Waals surface area (Å²) >= 11 is 0. The van der Waals surface area contributed by atoms with E-state index in [1.165, 1.54) is 5.56 Å². The molecule has 1 aromatic carbocycles. The van der Waals surface area contributed by atoms with E-state index in [0.717, 1.165) is 18.8 Å². The number of piperazine rings is 1. The quantitative estimate of drug-likeness (QED) is 0.861. The summed E-state index contributed by atoms with van der Waals surface area (Å²) in [5.74, 6) is 3.29. The van der Waals surface area contributed by atoms with Crippen molar-refractivity contribution in [1.29, 1.82) is 0 Å². The number of carbonyl (C=O) groups is 1. The summed E-state index contributed by atoms with van der Waals surface area (Å²) in [6, 6.07) is 8.35. The lowest BCUT2D eigenvalue weighted by atomic mass is 10.1. The molecular formula is C17H23N3O2. The maximum atomic E-state index is 11.9. The summed E-state index contributed by atoms with van der Waals surface area (Å²) in [6.07, 6.45) is 5.15. The van der Waals surface area contributed by atoms with E-state index >= 15 is 0 Å². The number of terminal acetylenes is 1. The van der Waals surface area contributed by atoms with Crippen molar-refractivity contribution in [3.8, 4) is 18.1 Å². The van der Waals surface area contributed by atoms with Crippen LogP contribution < -0.4 is 10.1 Å². The second-order valence-corrected chi connectivity index (χ2v) is 5.34. The van der Waals surface area contributed by atoms with E-state index in [-0.39, 0.29) is 12.6 Å². The first-order valence-corrected chi connectivity index (χ1v) is 7.50. The molecule has 118 valence electrons. The first kappa shape index (κ1) is 16.2. The highest BCUT2D eigenvalue weighted by Crippen LogP contribution is 2.24. The van der Waals surface area contributed by atoms with Crippen LogP contribution in [0.4, 0.5) is 4.79 Å². The molecule has 0 aliphatic carbocycles. The molecule has 0 aromatic heterocycles. The molecule has 1 atom stereocenters. The molecule has 2 rings (SSSR count). The van der Waals surface area contributed by atoms with Gasteiger partial charge in [-0.15, -0.1) is 6.42 Å². The van der Waals surface area contributed by atoms with Gasteiger partial charge < -0.3 is 15.0 Å². The average Bonchev–Trinajstić information content (AvgIpc) is 2.59. The van der Waals surface area contributed by atoms with Crippen molar-refractivity contribution >= 4 is 6.03 Å². The van der Waals surface area contributed by atoms with E-state index in [0.29, 0.717) is 19.1 Å². The van der Waals surface area contributed by atoms with Crippen LogP contribution in [0.3, 0.4) is 0 Å². The zero-order chi connectivity index (χ0) is 15.9. The van der Waals surface area contributed by atoms with Gasteiger partial charge in [0, 0.05) is 32.2 Å². The first-order valence-electron chi connectivity index (χ1n) is 7.50. The molecule has 22 heavy (non-hydrogen) atoms. The largest absolute Gasteiger partial charge is 0.497 e. The number of hydrogen-bond acceptors (Lipinski definition) is 3. The molecule has 2 amide bonds. The molecule has 1 aromatic rings. The number of carbonyl (C=O) groups excluding carboxylic acids is 1. The highest BCUT2D eigenvalue weighted by molar-refractivity contribution is 5.74. The Kier molecular flexibility index (Phi) is 5.68. The van der Waals surface area contributed by atoms with Crippen LogP contribution in [0.15, 0.2) is 24.3 Å². The third kappa shape index (κ3) is 3.92. The third-order valence-electron chi connectivity index (χ3n) is 4.07. The summed E-state index contributed by atoms with van der Waals surface area (Å²) in [7, 11) is 1.68. The van der Waals surface area contributed by atoms with Gasteiger partial charge in [0.15, 0.2) is 0 Å². The Morgan fingerprint density at radius 1 is 1.41 bits per heavy atom. The van der Waals surface area contributed by atoms with E-state index in [2.05, 4.69) is 35.2 Å². The number of urea groups is 1. The fraction of sp³-hybridized carbons (Fsp3) is 0.471. The van der Waals surface area contributed by atoms with Crippen molar-refractivity contribution in [3.63, 3.8) is 0 Å². The van der Waals surface area contributed by atoms with Crippen LogP contribution in [0.5, 0.6) is 5.75 Å². The summed E-state index contributed by atoms with van der Waals surface area (Å²) in [5, 5.41) is 2.71.